The number of rotatable bonds is 3. The van der Waals surface area contributed by atoms with Crippen molar-refractivity contribution < 1.29 is 4.79 Å². The summed E-state index contributed by atoms with van der Waals surface area (Å²) in [6, 6.07) is 15.6. The lowest BCUT2D eigenvalue weighted by molar-refractivity contribution is -0.116. The Hall–Kier alpha value is -2.32. The zero-order chi connectivity index (χ0) is 19.0. The van der Waals surface area contributed by atoms with Crippen LogP contribution in [0.3, 0.4) is 0 Å². The summed E-state index contributed by atoms with van der Waals surface area (Å²) in [6.45, 7) is 3.94. The maximum atomic E-state index is 13.1. The van der Waals surface area contributed by atoms with E-state index in [-0.39, 0.29) is 17.2 Å². The second kappa shape index (κ2) is 7.36. The van der Waals surface area contributed by atoms with Crippen molar-refractivity contribution in [3.63, 3.8) is 0 Å². The monoisotopic (exact) mass is 443 g/mol. The van der Waals surface area contributed by atoms with Crippen LogP contribution in [0.2, 0.25) is 0 Å². The van der Waals surface area contributed by atoms with Gasteiger partial charge in [0.15, 0.2) is 0 Å². The molecule has 3 aromatic rings. The Kier molecular flexibility index (Phi) is 4.92. The smallest absolute Gasteiger partial charge is 0.240 e. The minimum Gasteiger partial charge on any atom is -0.325 e. The van der Waals surface area contributed by atoms with E-state index in [1.165, 1.54) is 17.3 Å². The van der Waals surface area contributed by atoms with Crippen molar-refractivity contribution in [2.75, 3.05) is 10.7 Å². The van der Waals surface area contributed by atoms with Gasteiger partial charge in [-0.1, -0.05) is 57.5 Å². The van der Waals surface area contributed by atoms with Gasteiger partial charge in [0.2, 0.25) is 11.1 Å². The van der Waals surface area contributed by atoms with Crippen molar-refractivity contribution in [2.45, 2.75) is 30.3 Å². The zero-order valence-corrected chi connectivity index (χ0v) is 17.2. The predicted octanol–water partition coefficient (Wildman–Crippen LogP) is 4.06. The number of halogens is 1. The van der Waals surface area contributed by atoms with Crippen LogP contribution < -0.4 is 10.7 Å². The fraction of sp³-hybridized carbons (Fsp3) is 0.211. The van der Waals surface area contributed by atoms with Gasteiger partial charge in [0, 0.05) is 10.2 Å². The number of fused-ring (bicyclic) bond motifs is 1. The number of anilines is 1. The second-order valence-corrected chi connectivity index (χ2v) is 8.44. The van der Waals surface area contributed by atoms with E-state index in [4.69, 9.17) is 0 Å². The van der Waals surface area contributed by atoms with Gasteiger partial charge in [-0.25, -0.2) is 4.68 Å². The van der Waals surface area contributed by atoms with Gasteiger partial charge in [-0.3, -0.25) is 4.79 Å². The third-order valence-electron chi connectivity index (χ3n) is 4.41. The molecule has 138 valence electrons. The Morgan fingerprint density at radius 2 is 1.81 bits per heavy atom. The summed E-state index contributed by atoms with van der Waals surface area (Å²) < 4.78 is 2.81. The lowest BCUT2D eigenvalue weighted by atomic mass is 10.0. The highest BCUT2D eigenvalue weighted by atomic mass is 79.9. The van der Waals surface area contributed by atoms with Crippen LogP contribution in [-0.2, 0) is 4.79 Å². The minimum atomic E-state index is -0.382. The number of hydrogen-bond donors (Lipinski definition) is 2. The number of aryl methyl sites for hydroxylation is 2. The molecule has 0 saturated carbocycles. The van der Waals surface area contributed by atoms with E-state index < -0.39 is 0 Å². The quantitative estimate of drug-likeness (QED) is 0.638. The highest BCUT2D eigenvalue weighted by Crippen LogP contribution is 2.37. The largest absolute Gasteiger partial charge is 0.325 e. The fourth-order valence-electron chi connectivity index (χ4n) is 2.93. The van der Waals surface area contributed by atoms with Crippen LogP contribution >= 0.6 is 27.7 Å². The molecular weight excluding hydrogens is 426 g/mol. The van der Waals surface area contributed by atoms with Gasteiger partial charge in [-0.2, -0.15) is 0 Å². The molecule has 0 aliphatic carbocycles. The first-order chi connectivity index (χ1) is 13.0. The second-order valence-electron chi connectivity index (χ2n) is 6.42. The van der Waals surface area contributed by atoms with E-state index in [0.29, 0.717) is 5.16 Å². The number of aromatic nitrogens is 3. The van der Waals surface area contributed by atoms with E-state index in [1.54, 1.807) is 0 Å². The van der Waals surface area contributed by atoms with Gasteiger partial charge in [0.25, 0.3) is 0 Å². The lowest BCUT2D eigenvalue weighted by Crippen LogP contribution is -2.41. The zero-order valence-electron chi connectivity index (χ0n) is 14.8. The SMILES string of the molecule is Cc1ccc(C2Nn3c(C)nnc3SC2C(=O)Nc2ccc(Br)cc2)cc1. The molecule has 1 aliphatic heterocycles. The number of nitrogens with one attached hydrogen (secondary N) is 2. The summed E-state index contributed by atoms with van der Waals surface area (Å²) in [5, 5.41) is 11.6. The van der Waals surface area contributed by atoms with Crippen LogP contribution in [0.5, 0.6) is 0 Å². The molecule has 1 aromatic heterocycles. The minimum absolute atomic E-state index is 0.0766. The summed E-state index contributed by atoms with van der Waals surface area (Å²) in [5.41, 5.74) is 6.39. The Bertz CT molecular complexity index is 971. The van der Waals surface area contributed by atoms with Crippen molar-refractivity contribution in [2.24, 2.45) is 0 Å². The van der Waals surface area contributed by atoms with E-state index >= 15 is 0 Å². The number of carbonyl (C=O) groups excluding carboxylic acids is 1. The highest BCUT2D eigenvalue weighted by Gasteiger charge is 2.37. The van der Waals surface area contributed by atoms with Gasteiger partial charge < -0.3 is 10.7 Å². The number of thioether (sulfide) groups is 1. The summed E-state index contributed by atoms with van der Waals surface area (Å²) in [6.07, 6.45) is 0. The van der Waals surface area contributed by atoms with Crippen LogP contribution in [0.1, 0.15) is 23.0 Å². The molecule has 0 radical (unpaired) electrons. The van der Waals surface area contributed by atoms with Gasteiger partial charge in [0.1, 0.15) is 11.1 Å². The number of amides is 1. The Morgan fingerprint density at radius 1 is 1.11 bits per heavy atom. The third kappa shape index (κ3) is 3.72. The molecule has 0 spiro atoms. The highest BCUT2D eigenvalue weighted by molar-refractivity contribution is 9.10. The molecule has 0 bridgehead atoms. The van der Waals surface area contributed by atoms with Crippen molar-refractivity contribution in [1.82, 2.24) is 14.9 Å². The number of carbonyl (C=O) groups is 1. The van der Waals surface area contributed by atoms with Crippen molar-refractivity contribution in [3.8, 4) is 0 Å². The topological polar surface area (TPSA) is 71.8 Å². The molecule has 0 saturated heterocycles. The molecule has 2 atom stereocenters. The first kappa shape index (κ1) is 18.1. The normalized spacial score (nSPS) is 18.5. The number of benzene rings is 2. The summed E-state index contributed by atoms with van der Waals surface area (Å²) in [7, 11) is 0. The van der Waals surface area contributed by atoms with Crippen molar-refractivity contribution >= 4 is 39.3 Å². The molecule has 2 heterocycles. The Labute approximate surface area is 169 Å². The number of hydrogen-bond acceptors (Lipinski definition) is 5. The van der Waals surface area contributed by atoms with Crippen molar-refractivity contribution in [3.05, 3.63) is 70.0 Å². The first-order valence-corrected chi connectivity index (χ1v) is 10.2. The predicted molar refractivity (Wildman–Crippen MR) is 110 cm³/mol. The van der Waals surface area contributed by atoms with Gasteiger partial charge in [-0.15, -0.1) is 10.2 Å². The maximum Gasteiger partial charge on any atom is 0.240 e. The molecule has 2 unspecified atom stereocenters. The lowest BCUT2D eigenvalue weighted by Gasteiger charge is -2.32. The average Bonchev–Trinajstić information content (AvgIpc) is 3.03. The fourth-order valence-corrected chi connectivity index (χ4v) is 4.32. The first-order valence-electron chi connectivity index (χ1n) is 8.49. The van der Waals surface area contributed by atoms with Crippen LogP contribution in [0.15, 0.2) is 58.2 Å². The Balaban J connectivity index is 1.65. The molecule has 1 amide bonds. The van der Waals surface area contributed by atoms with Crippen LogP contribution in [0.25, 0.3) is 0 Å². The standard InChI is InChI=1S/C19H18BrN5OS/c1-11-3-5-13(6-4-11)16-17(27-19-23-22-12(2)25(19)24-16)18(26)21-15-9-7-14(20)8-10-15/h3-10,16-17,24H,1-2H3,(H,21,26). The summed E-state index contributed by atoms with van der Waals surface area (Å²) in [4.78, 5) is 13.1. The van der Waals surface area contributed by atoms with E-state index in [2.05, 4.69) is 61.1 Å². The van der Waals surface area contributed by atoms with Gasteiger partial charge in [-0.05, 0) is 43.7 Å². The van der Waals surface area contributed by atoms with Crippen LogP contribution in [0, 0.1) is 13.8 Å². The van der Waals surface area contributed by atoms with E-state index in [1.807, 2.05) is 42.8 Å². The maximum absolute atomic E-state index is 13.1. The summed E-state index contributed by atoms with van der Waals surface area (Å²) >= 11 is 4.83. The van der Waals surface area contributed by atoms with Gasteiger partial charge in [0.05, 0.1) is 6.04 Å². The molecular formula is C19H18BrN5OS. The van der Waals surface area contributed by atoms with E-state index in [9.17, 15) is 4.79 Å². The molecule has 0 fully saturated rings. The summed E-state index contributed by atoms with van der Waals surface area (Å²) in [5.74, 6) is 0.689. The molecule has 2 aromatic carbocycles. The van der Waals surface area contributed by atoms with Crippen LogP contribution in [-0.4, -0.2) is 26.0 Å². The Morgan fingerprint density at radius 3 is 2.52 bits per heavy atom. The van der Waals surface area contributed by atoms with Gasteiger partial charge >= 0.3 is 0 Å². The number of nitrogens with zero attached hydrogens (tertiary/aromatic N) is 3. The molecule has 27 heavy (non-hydrogen) atoms. The van der Waals surface area contributed by atoms with Crippen LogP contribution in [0.4, 0.5) is 5.69 Å². The van der Waals surface area contributed by atoms with Crippen molar-refractivity contribution in [1.29, 1.82) is 0 Å². The average molecular weight is 444 g/mol. The molecule has 4 rings (SSSR count). The molecule has 6 nitrogen and oxygen atoms in total. The molecule has 8 heteroatoms. The third-order valence-corrected chi connectivity index (χ3v) is 6.15. The van der Waals surface area contributed by atoms with E-state index in [0.717, 1.165) is 21.5 Å². The molecule has 1 aliphatic rings. The molecule has 2 N–H and O–H groups in total.